The third-order valence-electron chi connectivity index (χ3n) is 5.46. The molecule has 3 rings (SSSR count). The number of rotatable bonds is 5. The van der Waals surface area contributed by atoms with Crippen LogP contribution in [0.1, 0.15) is 51.0 Å². The third kappa shape index (κ3) is 5.58. The van der Waals surface area contributed by atoms with Gasteiger partial charge in [-0.3, -0.25) is 9.89 Å². The molecule has 2 unspecified atom stereocenters. The number of nitrogens with zero attached hydrogens (tertiary/aromatic N) is 2. The molecule has 25 heavy (non-hydrogen) atoms. The first kappa shape index (κ1) is 20.5. The highest BCUT2D eigenvalue weighted by molar-refractivity contribution is 14.0. The second-order valence-corrected chi connectivity index (χ2v) is 7.79. The molecule has 0 radical (unpaired) electrons. The van der Waals surface area contributed by atoms with Gasteiger partial charge in [-0.1, -0.05) is 36.8 Å². The van der Waals surface area contributed by atoms with Crippen LogP contribution in [0.25, 0.3) is 0 Å². The molecule has 0 spiro atoms. The number of hydrogen-bond donors (Lipinski definition) is 2. The molecule has 1 aromatic carbocycles. The summed E-state index contributed by atoms with van der Waals surface area (Å²) in [4.78, 5) is 7.03. The van der Waals surface area contributed by atoms with Crippen molar-refractivity contribution in [3.05, 3.63) is 35.9 Å². The average molecular weight is 456 g/mol. The zero-order valence-corrected chi connectivity index (χ0v) is 18.1. The van der Waals surface area contributed by atoms with E-state index in [1.807, 2.05) is 7.05 Å². The van der Waals surface area contributed by atoms with Crippen LogP contribution in [-0.2, 0) is 0 Å². The van der Waals surface area contributed by atoms with Crippen LogP contribution in [0.15, 0.2) is 35.3 Å². The molecular weight excluding hydrogens is 423 g/mol. The van der Waals surface area contributed by atoms with Gasteiger partial charge in [0.1, 0.15) is 0 Å². The maximum absolute atomic E-state index is 4.42. The minimum atomic E-state index is 0. The summed E-state index contributed by atoms with van der Waals surface area (Å²) >= 11 is 0. The summed E-state index contributed by atoms with van der Waals surface area (Å²) in [5.41, 5.74) is 1.60. The number of benzene rings is 1. The van der Waals surface area contributed by atoms with Crippen molar-refractivity contribution in [2.24, 2.45) is 4.99 Å². The third-order valence-corrected chi connectivity index (χ3v) is 5.46. The molecule has 140 valence electrons. The minimum absolute atomic E-state index is 0. The predicted molar refractivity (Wildman–Crippen MR) is 117 cm³/mol. The molecule has 5 heteroatoms. The lowest BCUT2D eigenvalue weighted by Gasteiger charge is -2.41. The fraction of sp³-hybridized carbons (Fsp3) is 0.650. The number of hydrogen-bond acceptors (Lipinski definition) is 2. The monoisotopic (exact) mass is 456 g/mol. The topological polar surface area (TPSA) is 39.7 Å². The lowest BCUT2D eigenvalue weighted by molar-refractivity contribution is 0.0982. The zero-order valence-electron chi connectivity index (χ0n) is 15.8. The molecule has 4 nitrogen and oxygen atoms in total. The van der Waals surface area contributed by atoms with Crippen molar-refractivity contribution < 1.29 is 0 Å². The first-order chi connectivity index (χ1) is 11.6. The number of likely N-dealkylation sites (tertiary alicyclic amines) is 1. The van der Waals surface area contributed by atoms with Crippen molar-refractivity contribution in [2.45, 2.75) is 57.0 Å². The van der Waals surface area contributed by atoms with E-state index in [2.05, 4.69) is 64.7 Å². The lowest BCUT2D eigenvalue weighted by Crippen LogP contribution is -2.55. The Labute approximate surface area is 169 Å². The summed E-state index contributed by atoms with van der Waals surface area (Å²) in [5.74, 6) is 1.56. The molecule has 2 atom stereocenters. The highest BCUT2D eigenvalue weighted by atomic mass is 127. The quantitative estimate of drug-likeness (QED) is 0.404. The standard InChI is InChI=1S/C20H32N4.HI/c1-20(2,24-12-8-5-9-13-24)15-22-19(21-3)23-18-14-17(18)16-10-6-4-7-11-16;/h4,6-7,10-11,17-18H,5,8-9,12-15H2,1-3H3,(H2,21,22,23);1H. The van der Waals surface area contributed by atoms with E-state index in [1.165, 1.54) is 44.3 Å². The molecule has 2 fully saturated rings. The van der Waals surface area contributed by atoms with Crippen molar-refractivity contribution in [1.82, 2.24) is 15.5 Å². The van der Waals surface area contributed by atoms with Gasteiger partial charge in [0.15, 0.2) is 5.96 Å². The van der Waals surface area contributed by atoms with E-state index in [0.29, 0.717) is 12.0 Å². The summed E-state index contributed by atoms with van der Waals surface area (Å²) in [6, 6.07) is 11.3. The smallest absolute Gasteiger partial charge is 0.191 e. The summed E-state index contributed by atoms with van der Waals surface area (Å²) < 4.78 is 0. The minimum Gasteiger partial charge on any atom is -0.355 e. The SMILES string of the molecule is CN=C(NCC(C)(C)N1CCCCC1)NC1CC1c1ccccc1.I. The van der Waals surface area contributed by atoms with Crippen molar-refractivity contribution >= 4 is 29.9 Å². The van der Waals surface area contributed by atoms with Crippen LogP contribution in [-0.4, -0.2) is 49.1 Å². The van der Waals surface area contributed by atoms with E-state index in [9.17, 15) is 0 Å². The number of piperidine rings is 1. The van der Waals surface area contributed by atoms with E-state index >= 15 is 0 Å². The highest BCUT2D eigenvalue weighted by Gasteiger charge is 2.39. The van der Waals surface area contributed by atoms with Gasteiger partial charge in [0.25, 0.3) is 0 Å². The average Bonchev–Trinajstić information content (AvgIpc) is 3.39. The molecule has 1 saturated carbocycles. The van der Waals surface area contributed by atoms with Gasteiger partial charge >= 0.3 is 0 Å². The van der Waals surface area contributed by atoms with Gasteiger partial charge in [-0.15, -0.1) is 24.0 Å². The van der Waals surface area contributed by atoms with Crippen LogP contribution in [0.5, 0.6) is 0 Å². The van der Waals surface area contributed by atoms with E-state index in [1.54, 1.807) is 0 Å². The molecule has 1 saturated heterocycles. The maximum Gasteiger partial charge on any atom is 0.191 e. The van der Waals surface area contributed by atoms with Crippen LogP contribution < -0.4 is 10.6 Å². The van der Waals surface area contributed by atoms with Crippen LogP contribution in [0.2, 0.25) is 0 Å². The normalized spacial score (nSPS) is 24.4. The first-order valence-electron chi connectivity index (χ1n) is 9.37. The molecule has 0 amide bonds. The Bertz CT molecular complexity index is 552. The van der Waals surface area contributed by atoms with Gasteiger partial charge in [0.2, 0.25) is 0 Å². The largest absolute Gasteiger partial charge is 0.355 e. The second-order valence-electron chi connectivity index (χ2n) is 7.79. The Balaban J connectivity index is 0.00000225. The first-order valence-corrected chi connectivity index (χ1v) is 9.37. The van der Waals surface area contributed by atoms with Gasteiger partial charge in [-0.05, 0) is 51.8 Å². The number of nitrogens with one attached hydrogen (secondary N) is 2. The summed E-state index contributed by atoms with van der Waals surface area (Å²) in [6.07, 6.45) is 5.24. The number of guanidine groups is 1. The molecular formula is C20H33IN4. The van der Waals surface area contributed by atoms with E-state index < -0.39 is 0 Å². The van der Waals surface area contributed by atoms with E-state index in [4.69, 9.17) is 0 Å². The molecule has 1 aromatic rings. The second kappa shape index (κ2) is 9.21. The zero-order chi connectivity index (χ0) is 17.0. The number of aliphatic imine (C=N–C) groups is 1. The Morgan fingerprint density at radius 3 is 2.48 bits per heavy atom. The molecule has 0 bridgehead atoms. The highest BCUT2D eigenvalue weighted by Crippen LogP contribution is 2.40. The van der Waals surface area contributed by atoms with Crippen molar-refractivity contribution in [3.63, 3.8) is 0 Å². The molecule has 0 aromatic heterocycles. The Morgan fingerprint density at radius 2 is 1.84 bits per heavy atom. The number of halogens is 1. The van der Waals surface area contributed by atoms with Crippen molar-refractivity contribution in [2.75, 3.05) is 26.7 Å². The fourth-order valence-electron chi connectivity index (χ4n) is 3.70. The molecule has 2 aliphatic rings. The molecule has 1 aliphatic carbocycles. The van der Waals surface area contributed by atoms with Crippen LogP contribution in [0, 0.1) is 0 Å². The molecule has 2 N–H and O–H groups in total. The molecule has 1 heterocycles. The molecule has 1 aliphatic heterocycles. The van der Waals surface area contributed by atoms with Crippen LogP contribution >= 0.6 is 24.0 Å². The van der Waals surface area contributed by atoms with Gasteiger partial charge in [0.05, 0.1) is 0 Å². The van der Waals surface area contributed by atoms with Crippen molar-refractivity contribution in [3.8, 4) is 0 Å². The maximum atomic E-state index is 4.42. The van der Waals surface area contributed by atoms with E-state index in [0.717, 1.165) is 12.5 Å². The van der Waals surface area contributed by atoms with Gasteiger partial charge in [-0.25, -0.2) is 0 Å². The van der Waals surface area contributed by atoms with Gasteiger partial charge in [-0.2, -0.15) is 0 Å². The summed E-state index contributed by atoms with van der Waals surface area (Å²) in [5, 5.41) is 7.13. The predicted octanol–water partition coefficient (Wildman–Crippen LogP) is 3.59. The Morgan fingerprint density at radius 1 is 1.16 bits per heavy atom. The summed E-state index contributed by atoms with van der Waals surface area (Å²) in [7, 11) is 1.86. The van der Waals surface area contributed by atoms with Crippen LogP contribution in [0.3, 0.4) is 0 Å². The Kier molecular flexibility index (Phi) is 7.55. The van der Waals surface area contributed by atoms with Crippen LogP contribution in [0.4, 0.5) is 0 Å². The van der Waals surface area contributed by atoms with Gasteiger partial charge < -0.3 is 10.6 Å². The van der Waals surface area contributed by atoms with Crippen molar-refractivity contribution in [1.29, 1.82) is 0 Å². The fourth-order valence-corrected chi connectivity index (χ4v) is 3.70. The van der Waals surface area contributed by atoms with E-state index in [-0.39, 0.29) is 29.5 Å². The summed E-state index contributed by atoms with van der Waals surface area (Å²) in [6.45, 7) is 8.04. The van der Waals surface area contributed by atoms with Gasteiger partial charge in [0, 0.05) is 31.1 Å². The lowest BCUT2D eigenvalue weighted by atomic mass is 9.98. The Hall–Kier alpha value is -0.820.